The van der Waals surface area contributed by atoms with Crippen LogP contribution in [0.25, 0.3) is 6.08 Å². The van der Waals surface area contributed by atoms with E-state index in [1.807, 2.05) is 23.1 Å². The standard InChI is InChI=1S/C30H42N2O4/c1-6-7-8-9-10-19-36-30-27(34-4)21-25(22-28(30)35-5)12-14-29(33)32-17-15-31(16-18-32)26-13-11-23(2)20-24(26)3/h11-14,20-22H,6-10,15-19H2,1-5H3/b14-12+. The number of rotatable bonds is 12. The summed E-state index contributed by atoms with van der Waals surface area (Å²) < 4.78 is 17.2. The minimum Gasteiger partial charge on any atom is -0.493 e. The van der Waals surface area contributed by atoms with E-state index in [1.54, 1.807) is 20.3 Å². The molecule has 0 radical (unpaired) electrons. The Morgan fingerprint density at radius 2 is 1.58 bits per heavy atom. The fourth-order valence-electron chi connectivity index (χ4n) is 4.62. The maximum atomic E-state index is 12.9. The average molecular weight is 495 g/mol. The minimum atomic E-state index is 0.0145. The van der Waals surface area contributed by atoms with Crippen molar-refractivity contribution in [2.24, 2.45) is 0 Å². The van der Waals surface area contributed by atoms with Crippen molar-refractivity contribution < 1.29 is 19.0 Å². The summed E-state index contributed by atoms with van der Waals surface area (Å²) in [5, 5.41) is 0. The first-order chi connectivity index (χ1) is 17.5. The molecule has 2 aromatic rings. The molecular weight excluding hydrogens is 452 g/mol. The Kier molecular flexibility index (Phi) is 10.5. The number of amides is 1. The Morgan fingerprint density at radius 3 is 2.19 bits per heavy atom. The number of carbonyl (C=O) groups excluding carboxylic acids is 1. The first-order valence-corrected chi connectivity index (χ1v) is 13.1. The van der Waals surface area contributed by atoms with Crippen LogP contribution in [0.1, 0.15) is 55.7 Å². The van der Waals surface area contributed by atoms with Crippen molar-refractivity contribution in [3.05, 3.63) is 53.1 Å². The molecule has 0 atom stereocenters. The Balaban J connectivity index is 1.59. The molecule has 1 amide bonds. The van der Waals surface area contributed by atoms with Crippen LogP contribution in [-0.2, 0) is 4.79 Å². The first kappa shape index (κ1) is 27.4. The third-order valence-corrected chi connectivity index (χ3v) is 6.68. The van der Waals surface area contributed by atoms with Gasteiger partial charge in [0.1, 0.15) is 0 Å². The summed E-state index contributed by atoms with van der Waals surface area (Å²) in [6.45, 7) is 10.2. The molecule has 3 rings (SSSR count). The zero-order valence-corrected chi connectivity index (χ0v) is 22.6. The van der Waals surface area contributed by atoms with Crippen LogP contribution in [0.3, 0.4) is 0 Å². The lowest BCUT2D eigenvalue weighted by molar-refractivity contribution is -0.126. The van der Waals surface area contributed by atoms with Crippen LogP contribution < -0.4 is 19.1 Å². The second-order valence-corrected chi connectivity index (χ2v) is 9.45. The van der Waals surface area contributed by atoms with Crippen molar-refractivity contribution in [3.8, 4) is 17.2 Å². The predicted octanol–water partition coefficient (Wildman–Crippen LogP) is 6.03. The van der Waals surface area contributed by atoms with Gasteiger partial charge in [-0.2, -0.15) is 0 Å². The summed E-state index contributed by atoms with van der Waals surface area (Å²) in [5.74, 6) is 1.84. The van der Waals surface area contributed by atoms with E-state index < -0.39 is 0 Å². The molecule has 2 aromatic carbocycles. The highest BCUT2D eigenvalue weighted by Gasteiger charge is 2.21. The molecule has 0 saturated carbocycles. The lowest BCUT2D eigenvalue weighted by atomic mass is 10.1. The fourth-order valence-corrected chi connectivity index (χ4v) is 4.62. The highest BCUT2D eigenvalue weighted by Crippen LogP contribution is 2.39. The lowest BCUT2D eigenvalue weighted by Crippen LogP contribution is -2.48. The minimum absolute atomic E-state index is 0.0145. The summed E-state index contributed by atoms with van der Waals surface area (Å²) in [7, 11) is 3.24. The van der Waals surface area contributed by atoms with Crippen molar-refractivity contribution in [1.82, 2.24) is 4.90 Å². The zero-order chi connectivity index (χ0) is 25.9. The van der Waals surface area contributed by atoms with Crippen LogP contribution in [0.2, 0.25) is 0 Å². The Morgan fingerprint density at radius 1 is 0.917 bits per heavy atom. The molecule has 36 heavy (non-hydrogen) atoms. The van der Waals surface area contributed by atoms with E-state index in [-0.39, 0.29) is 5.91 Å². The molecule has 1 aliphatic rings. The number of nitrogens with zero attached hydrogens (tertiary/aromatic N) is 2. The molecule has 1 fully saturated rings. The number of hydrogen-bond donors (Lipinski definition) is 0. The number of methoxy groups -OCH3 is 2. The van der Waals surface area contributed by atoms with Gasteiger partial charge >= 0.3 is 0 Å². The van der Waals surface area contributed by atoms with Crippen LogP contribution >= 0.6 is 0 Å². The van der Waals surface area contributed by atoms with Crippen LogP contribution in [0.15, 0.2) is 36.4 Å². The number of piperazine rings is 1. The van der Waals surface area contributed by atoms with Gasteiger partial charge in [-0.3, -0.25) is 4.79 Å². The fraction of sp³-hybridized carbons (Fsp3) is 0.500. The van der Waals surface area contributed by atoms with E-state index in [0.717, 1.165) is 31.5 Å². The molecule has 1 saturated heterocycles. The SMILES string of the molecule is CCCCCCCOc1c(OC)cc(/C=C/C(=O)N2CCN(c3ccc(C)cc3C)CC2)cc1OC. The van der Waals surface area contributed by atoms with E-state index in [2.05, 4.69) is 43.9 Å². The van der Waals surface area contributed by atoms with Gasteiger partial charge in [-0.25, -0.2) is 0 Å². The van der Waals surface area contributed by atoms with Gasteiger partial charge in [-0.1, -0.05) is 50.3 Å². The highest BCUT2D eigenvalue weighted by atomic mass is 16.5. The molecule has 0 aliphatic carbocycles. The van der Waals surface area contributed by atoms with Gasteiger partial charge in [-0.05, 0) is 55.7 Å². The van der Waals surface area contributed by atoms with Crippen molar-refractivity contribution in [1.29, 1.82) is 0 Å². The maximum absolute atomic E-state index is 12.9. The normalized spacial score (nSPS) is 13.8. The lowest BCUT2D eigenvalue weighted by Gasteiger charge is -2.36. The van der Waals surface area contributed by atoms with Gasteiger partial charge in [-0.15, -0.1) is 0 Å². The predicted molar refractivity (Wildman–Crippen MR) is 148 cm³/mol. The molecule has 0 unspecified atom stereocenters. The van der Waals surface area contributed by atoms with Crippen molar-refractivity contribution >= 4 is 17.7 Å². The Labute approximate surface area is 216 Å². The summed E-state index contributed by atoms with van der Waals surface area (Å²) in [6, 6.07) is 10.3. The zero-order valence-electron chi connectivity index (χ0n) is 22.6. The van der Waals surface area contributed by atoms with Crippen LogP contribution in [0.4, 0.5) is 5.69 Å². The van der Waals surface area contributed by atoms with E-state index in [0.29, 0.717) is 36.9 Å². The highest BCUT2D eigenvalue weighted by molar-refractivity contribution is 5.92. The molecule has 6 heteroatoms. The summed E-state index contributed by atoms with van der Waals surface area (Å²) in [5.41, 5.74) is 4.64. The molecule has 6 nitrogen and oxygen atoms in total. The maximum Gasteiger partial charge on any atom is 0.246 e. The van der Waals surface area contributed by atoms with Crippen LogP contribution in [-0.4, -0.2) is 57.8 Å². The molecule has 1 aliphatic heterocycles. The summed E-state index contributed by atoms with van der Waals surface area (Å²) in [6.07, 6.45) is 9.32. The number of carbonyl (C=O) groups is 1. The first-order valence-electron chi connectivity index (χ1n) is 13.1. The number of hydrogen-bond acceptors (Lipinski definition) is 5. The monoisotopic (exact) mass is 494 g/mol. The largest absolute Gasteiger partial charge is 0.493 e. The Hall–Kier alpha value is -3.15. The number of aryl methyl sites for hydroxylation is 2. The Bertz CT molecular complexity index is 1000. The summed E-state index contributed by atoms with van der Waals surface area (Å²) >= 11 is 0. The number of unbranched alkanes of at least 4 members (excludes halogenated alkanes) is 4. The number of anilines is 1. The van der Waals surface area contributed by atoms with Gasteiger partial charge in [0, 0.05) is 37.9 Å². The third-order valence-electron chi connectivity index (χ3n) is 6.68. The van der Waals surface area contributed by atoms with Crippen LogP contribution in [0, 0.1) is 13.8 Å². The van der Waals surface area contributed by atoms with Gasteiger partial charge in [0.15, 0.2) is 11.5 Å². The average Bonchev–Trinajstić information content (AvgIpc) is 2.89. The molecule has 0 bridgehead atoms. The van der Waals surface area contributed by atoms with E-state index in [1.165, 1.54) is 36.1 Å². The third kappa shape index (κ3) is 7.42. The molecule has 0 spiro atoms. The van der Waals surface area contributed by atoms with E-state index >= 15 is 0 Å². The molecule has 1 heterocycles. The topological polar surface area (TPSA) is 51.2 Å². The van der Waals surface area contributed by atoms with Gasteiger partial charge in [0.25, 0.3) is 0 Å². The van der Waals surface area contributed by atoms with Gasteiger partial charge in [0.2, 0.25) is 11.7 Å². The van der Waals surface area contributed by atoms with E-state index in [9.17, 15) is 4.79 Å². The second-order valence-electron chi connectivity index (χ2n) is 9.45. The van der Waals surface area contributed by atoms with Gasteiger partial charge in [0.05, 0.1) is 20.8 Å². The van der Waals surface area contributed by atoms with E-state index in [4.69, 9.17) is 14.2 Å². The van der Waals surface area contributed by atoms with Crippen LogP contribution in [0.5, 0.6) is 17.2 Å². The van der Waals surface area contributed by atoms with Crippen molar-refractivity contribution in [3.63, 3.8) is 0 Å². The number of benzene rings is 2. The molecule has 196 valence electrons. The van der Waals surface area contributed by atoms with Crippen molar-refractivity contribution in [2.45, 2.75) is 52.9 Å². The van der Waals surface area contributed by atoms with Crippen molar-refractivity contribution in [2.75, 3.05) is 51.9 Å². The van der Waals surface area contributed by atoms with Gasteiger partial charge < -0.3 is 24.0 Å². The number of ether oxygens (including phenoxy) is 3. The summed E-state index contributed by atoms with van der Waals surface area (Å²) in [4.78, 5) is 17.2. The molecule has 0 N–H and O–H groups in total. The molecular formula is C30H42N2O4. The molecule has 0 aromatic heterocycles. The second kappa shape index (κ2) is 13.8. The smallest absolute Gasteiger partial charge is 0.246 e. The quantitative estimate of drug-likeness (QED) is 0.266.